The number of Topliss-reactive ketones (excluding diaryl/α,β-unsaturated/α-hetero) is 2. The average Bonchev–Trinajstić information content (AvgIpc) is 3.64. The fraction of sp³-hybridized carbons (Fsp3) is 0.244. The molecule has 2 aliphatic rings. The number of aliphatic hydroxyl groups excluding tert-OH is 1. The van der Waals surface area contributed by atoms with E-state index in [1.165, 1.54) is 38.1 Å². The number of esters is 2. The van der Waals surface area contributed by atoms with Crippen LogP contribution < -0.4 is 9.47 Å². The van der Waals surface area contributed by atoms with Gasteiger partial charge in [-0.1, -0.05) is 30.8 Å². The molecule has 0 unspecified atom stereocenters. The summed E-state index contributed by atoms with van der Waals surface area (Å²) in [6, 6.07) is 25.5. The Morgan fingerprint density at radius 1 is 0.557 bits per heavy atom. The van der Waals surface area contributed by atoms with Crippen LogP contribution in [0.15, 0.2) is 109 Å². The molecule has 6 rings (SSSR count). The van der Waals surface area contributed by atoms with Crippen molar-refractivity contribution in [1.29, 1.82) is 0 Å². The third kappa shape index (κ3) is 11.9. The Bertz CT molecular complexity index is 2240. The van der Waals surface area contributed by atoms with E-state index in [0.717, 1.165) is 16.9 Å². The number of fused-ring (bicyclic) bond motifs is 2. The molecule has 318 valence electrons. The van der Waals surface area contributed by atoms with E-state index in [9.17, 15) is 43.5 Å². The molecule has 0 radical (unpaired) electrons. The molecule has 4 amide bonds. The first kappa shape index (κ1) is 46.4. The van der Waals surface area contributed by atoms with Crippen molar-refractivity contribution in [2.75, 3.05) is 46.6 Å². The number of imide groups is 2. The SMILES string of the molecule is C=C(C)C(=O)c1ccc(OCCOC(=O)CN2C(=O)c3ccccc3C2=O)cc1.CC(C)(O)C(=O)c1ccc(OCCOC(=O)CN2C(=O)c3ccccc3C2=O)cc1.CO. The third-order valence-corrected chi connectivity index (χ3v) is 8.74. The van der Waals surface area contributed by atoms with Crippen molar-refractivity contribution in [2.45, 2.75) is 26.4 Å². The molecule has 2 aliphatic heterocycles. The normalized spacial score (nSPS) is 12.6. The number of hydrogen-bond donors (Lipinski definition) is 2. The molecule has 4 aromatic rings. The van der Waals surface area contributed by atoms with E-state index >= 15 is 0 Å². The summed E-state index contributed by atoms with van der Waals surface area (Å²) in [5, 5.41) is 16.7. The smallest absolute Gasteiger partial charge is 0.326 e. The quantitative estimate of drug-likeness (QED) is 0.0533. The molecule has 0 spiro atoms. The second-order valence-electron chi connectivity index (χ2n) is 13.7. The molecule has 0 aliphatic carbocycles. The van der Waals surface area contributed by atoms with Crippen LogP contribution in [0.1, 0.15) is 82.9 Å². The highest BCUT2D eigenvalue weighted by Gasteiger charge is 2.37. The van der Waals surface area contributed by atoms with Gasteiger partial charge in [-0.25, -0.2) is 0 Å². The minimum absolute atomic E-state index is 0.0472. The second-order valence-corrected chi connectivity index (χ2v) is 13.7. The van der Waals surface area contributed by atoms with Crippen LogP contribution in [0.3, 0.4) is 0 Å². The lowest BCUT2D eigenvalue weighted by molar-refractivity contribution is -0.145. The molecule has 2 N–H and O–H groups in total. The van der Waals surface area contributed by atoms with Gasteiger partial charge in [-0.2, -0.15) is 0 Å². The van der Waals surface area contributed by atoms with E-state index in [1.807, 2.05) is 0 Å². The van der Waals surface area contributed by atoms with Crippen LogP contribution in [0.2, 0.25) is 0 Å². The maximum absolute atomic E-state index is 12.2. The van der Waals surface area contributed by atoms with E-state index in [-0.39, 0.29) is 54.5 Å². The van der Waals surface area contributed by atoms with Crippen molar-refractivity contribution in [3.8, 4) is 11.5 Å². The zero-order valence-electron chi connectivity index (χ0n) is 33.9. The number of aliphatic hydroxyl groups is 2. The zero-order valence-corrected chi connectivity index (χ0v) is 33.9. The number of allylic oxidation sites excluding steroid dienone is 1. The van der Waals surface area contributed by atoms with Gasteiger partial charge in [0.1, 0.15) is 56.6 Å². The van der Waals surface area contributed by atoms with Gasteiger partial charge in [-0.15, -0.1) is 0 Å². The van der Waals surface area contributed by atoms with Crippen LogP contribution in [0.25, 0.3) is 0 Å². The Labute approximate surface area is 350 Å². The van der Waals surface area contributed by atoms with Gasteiger partial charge < -0.3 is 29.2 Å². The maximum Gasteiger partial charge on any atom is 0.326 e. The predicted molar refractivity (Wildman–Crippen MR) is 217 cm³/mol. The Hall–Kier alpha value is -7.30. The molecule has 61 heavy (non-hydrogen) atoms. The summed E-state index contributed by atoms with van der Waals surface area (Å²) in [4.78, 5) is 98.3. The lowest BCUT2D eigenvalue weighted by Crippen LogP contribution is -2.36. The first-order valence-electron chi connectivity index (χ1n) is 18.7. The highest BCUT2D eigenvalue weighted by Crippen LogP contribution is 2.24. The number of nitrogens with zero attached hydrogens (tertiary/aromatic N) is 2. The molecule has 0 saturated carbocycles. The van der Waals surface area contributed by atoms with Gasteiger partial charge in [-0.05, 0) is 99.1 Å². The number of benzene rings is 4. The lowest BCUT2D eigenvalue weighted by atomic mass is 9.97. The monoisotopic (exact) mass is 836 g/mol. The Balaban J connectivity index is 0.000000258. The van der Waals surface area contributed by atoms with Crippen molar-refractivity contribution in [2.24, 2.45) is 0 Å². The van der Waals surface area contributed by atoms with Crippen LogP contribution in [0.5, 0.6) is 11.5 Å². The number of ketones is 2. The molecular formula is C45H44N2O14. The molecule has 4 aromatic carbocycles. The summed E-state index contributed by atoms with van der Waals surface area (Å²) in [5.41, 5.74) is 0.943. The first-order valence-corrected chi connectivity index (χ1v) is 18.7. The van der Waals surface area contributed by atoms with Crippen molar-refractivity contribution in [1.82, 2.24) is 9.80 Å². The van der Waals surface area contributed by atoms with Crippen LogP contribution in [0.4, 0.5) is 0 Å². The average molecular weight is 837 g/mol. The van der Waals surface area contributed by atoms with Gasteiger partial charge in [0, 0.05) is 18.2 Å². The fourth-order valence-corrected chi connectivity index (χ4v) is 5.75. The maximum atomic E-state index is 12.2. The molecule has 0 atom stereocenters. The van der Waals surface area contributed by atoms with Gasteiger partial charge in [0.15, 0.2) is 11.6 Å². The van der Waals surface area contributed by atoms with Gasteiger partial charge in [0.2, 0.25) is 0 Å². The Morgan fingerprint density at radius 3 is 1.20 bits per heavy atom. The summed E-state index contributed by atoms with van der Waals surface area (Å²) in [7, 11) is 1.00. The van der Waals surface area contributed by atoms with E-state index in [0.29, 0.717) is 28.2 Å². The third-order valence-electron chi connectivity index (χ3n) is 8.74. The lowest BCUT2D eigenvalue weighted by Gasteiger charge is -2.15. The molecular weight excluding hydrogens is 792 g/mol. The topological polar surface area (TPSA) is 220 Å². The van der Waals surface area contributed by atoms with Crippen molar-refractivity contribution < 1.29 is 67.5 Å². The predicted octanol–water partition coefficient (Wildman–Crippen LogP) is 4.13. The minimum Gasteiger partial charge on any atom is -0.490 e. The molecule has 16 heteroatoms. The number of rotatable bonds is 16. The van der Waals surface area contributed by atoms with Crippen LogP contribution >= 0.6 is 0 Å². The summed E-state index contributed by atoms with van der Waals surface area (Å²) in [5.74, 6) is -3.07. The number of ether oxygens (including phenoxy) is 4. The molecule has 2 heterocycles. The Kier molecular flexibility index (Phi) is 16.0. The molecule has 0 saturated heterocycles. The van der Waals surface area contributed by atoms with Gasteiger partial charge >= 0.3 is 11.9 Å². The van der Waals surface area contributed by atoms with Crippen LogP contribution in [-0.2, 0) is 19.1 Å². The largest absolute Gasteiger partial charge is 0.490 e. The number of carbonyl (C=O) groups is 8. The van der Waals surface area contributed by atoms with Crippen molar-refractivity contribution >= 4 is 47.1 Å². The first-order chi connectivity index (χ1) is 29.1. The molecule has 0 bridgehead atoms. The number of amides is 4. The van der Waals surface area contributed by atoms with Gasteiger partial charge in [-0.3, -0.25) is 48.2 Å². The molecule has 16 nitrogen and oxygen atoms in total. The fourth-order valence-electron chi connectivity index (χ4n) is 5.75. The Morgan fingerprint density at radius 2 is 0.885 bits per heavy atom. The highest BCUT2D eigenvalue weighted by atomic mass is 16.6. The van der Waals surface area contributed by atoms with Crippen LogP contribution in [-0.4, -0.2) is 119 Å². The summed E-state index contributed by atoms with van der Waals surface area (Å²) >= 11 is 0. The standard InChI is InChI=1S/C22H21NO7.C22H19NO6.CH4O/c1-22(2,28)19(25)14-7-9-15(10-8-14)29-11-12-30-18(24)13-23-20(26)16-5-3-4-6-17(16)21(23)27;1-14(2)20(25)15-7-9-16(10-8-15)28-11-12-29-19(24)13-23-21(26)17-5-3-4-6-18(17)22(23)27;1-2/h3-10,28H,11-13H2,1-2H3;3-10H,1,11-13H2,2H3;2H,1H3. The summed E-state index contributed by atoms with van der Waals surface area (Å²) in [6.45, 7) is 7.16. The zero-order chi connectivity index (χ0) is 44.9. The van der Waals surface area contributed by atoms with E-state index in [1.54, 1.807) is 79.7 Å². The summed E-state index contributed by atoms with van der Waals surface area (Å²) in [6.07, 6.45) is 0. The highest BCUT2D eigenvalue weighted by molar-refractivity contribution is 6.23. The summed E-state index contributed by atoms with van der Waals surface area (Å²) < 4.78 is 21.0. The molecule has 0 aromatic heterocycles. The van der Waals surface area contributed by atoms with Gasteiger partial charge in [0.05, 0.1) is 22.3 Å². The van der Waals surface area contributed by atoms with E-state index in [2.05, 4.69) is 6.58 Å². The number of carbonyl (C=O) groups excluding carboxylic acids is 8. The van der Waals surface area contributed by atoms with E-state index in [4.69, 9.17) is 24.1 Å². The number of hydrogen-bond acceptors (Lipinski definition) is 14. The van der Waals surface area contributed by atoms with Crippen molar-refractivity contribution in [3.05, 3.63) is 143 Å². The minimum atomic E-state index is -1.46. The van der Waals surface area contributed by atoms with E-state index < -0.39 is 60.0 Å². The molecule has 0 fully saturated rings. The van der Waals surface area contributed by atoms with Gasteiger partial charge in [0.25, 0.3) is 23.6 Å². The van der Waals surface area contributed by atoms with Crippen LogP contribution in [0, 0.1) is 0 Å². The van der Waals surface area contributed by atoms with Crippen molar-refractivity contribution in [3.63, 3.8) is 0 Å². The second kappa shape index (κ2) is 21.1.